The van der Waals surface area contributed by atoms with Crippen molar-refractivity contribution in [2.75, 3.05) is 46.8 Å². The topological polar surface area (TPSA) is 23.5 Å². The van der Waals surface area contributed by atoms with E-state index in [4.69, 9.17) is 0 Å². The van der Waals surface area contributed by atoms with Gasteiger partial charge in [0.25, 0.3) is 0 Å². The molecule has 1 rings (SSSR count). The Morgan fingerprint density at radius 1 is 1.42 bits per heavy atom. The van der Waals surface area contributed by atoms with Crippen LogP contribution in [0, 0.1) is 0 Å². The zero-order valence-electron chi connectivity index (χ0n) is 8.45. The van der Waals surface area contributed by atoms with E-state index in [0.29, 0.717) is 0 Å². The van der Waals surface area contributed by atoms with Crippen LogP contribution in [0.2, 0.25) is 0 Å². The fourth-order valence-electron chi connectivity index (χ4n) is 1.87. The summed E-state index contributed by atoms with van der Waals surface area (Å²) in [5.41, 5.74) is 0. The summed E-state index contributed by atoms with van der Waals surface area (Å²) in [4.78, 5) is 2.35. The third kappa shape index (κ3) is 2.73. The third-order valence-electron chi connectivity index (χ3n) is 2.75. The molecule has 0 aromatic rings. The SMILES string of the molecule is CC(O)C[N+]1(C)CCN(C)CC1. The van der Waals surface area contributed by atoms with Crippen LogP contribution in [0.5, 0.6) is 0 Å². The molecule has 1 N–H and O–H groups in total. The van der Waals surface area contributed by atoms with Gasteiger partial charge >= 0.3 is 0 Å². The highest BCUT2D eigenvalue weighted by Gasteiger charge is 2.27. The minimum atomic E-state index is -0.168. The van der Waals surface area contributed by atoms with Gasteiger partial charge in [0.2, 0.25) is 0 Å². The molecule has 1 atom stereocenters. The van der Waals surface area contributed by atoms with Crippen LogP contribution in [0.25, 0.3) is 0 Å². The van der Waals surface area contributed by atoms with E-state index in [1.807, 2.05) is 6.92 Å². The predicted molar refractivity (Wildman–Crippen MR) is 50.0 cm³/mol. The quantitative estimate of drug-likeness (QED) is 0.583. The lowest BCUT2D eigenvalue weighted by Crippen LogP contribution is -2.58. The zero-order chi connectivity index (χ0) is 9.19. The van der Waals surface area contributed by atoms with Gasteiger partial charge in [0.05, 0.1) is 20.1 Å². The van der Waals surface area contributed by atoms with Crippen LogP contribution in [-0.4, -0.2) is 67.4 Å². The molecule has 12 heavy (non-hydrogen) atoms. The van der Waals surface area contributed by atoms with Crippen LogP contribution in [0.4, 0.5) is 0 Å². The number of hydrogen-bond acceptors (Lipinski definition) is 2. The molecule has 0 bridgehead atoms. The van der Waals surface area contributed by atoms with Crippen LogP contribution in [0.3, 0.4) is 0 Å². The number of quaternary nitrogens is 1. The number of piperazine rings is 1. The molecular weight excluding hydrogens is 152 g/mol. The van der Waals surface area contributed by atoms with Crippen LogP contribution in [0.1, 0.15) is 6.92 Å². The third-order valence-corrected chi connectivity index (χ3v) is 2.75. The lowest BCUT2D eigenvalue weighted by atomic mass is 10.2. The van der Waals surface area contributed by atoms with E-state index >= 15 is 0 Å². The van der Waals surface area contributed by atoms with Gasteiger partial charge in [-0.3, -0.25) is 4.90 Å². The Morgan fingerprint density at radius 3 is 2.33 bits per heavy atom. The number of aliphatic hydroxyl groups is 1. The average Bonchev–Trinajstić information content (AvgIpc) is 1.94. The Labute approximate surface area is 75.2 Å². The van der Waals surface area contributed by atoms with E-state index in [1.54, 1.807) is 0 Å². The van der Waals surface area contributed by atoms with Crippen molar-refractivity contribution in [3.05, 3.63) is 0 Å². The molecule has 1 unspecified atom stereocenters. The summed E-state index contributed by atoms with van der Waals surface area (Å²) in [6, 6.07) is 0. The van der Waals surface area contributed by atoms with Crippen molar-refractivity contribution in [3.63, 3.8) is 0 Å². The molecule has 1 aliphatic rings. The fraction of sp³-hybridized carbons (Fsp3) is 1.00. The van der Waals surface area contributed by atoms with Crippen molar-refractivity contribution < 1.29 is 9.59 Å². The second kappa shape index (κ2) is 3.73. The molecule has 1 aliphatic heterocycles. The fourth-order valence-corrected chi connectivity index (χ4v) is 1.87. The summed E-state index contributed by atoms with van der Waals surface area (Å²) in [5.74, 6) is 0. The van der Waals surface area contributed by atoms with Crippen molar-refractivity contribution in [2.24, 2.45) is 0 Å². The van der Waals surface area contributed by atoms with Crippen molar-refractivity contribution in [3.8, 4) is 0 Å². The van der Waals surface area contributed by atoms with E-state index in [0.717, 1.165) is 24.1 Å². The van der Waals surface area contributed by atoms with Gasteiger partial charge in [0.1, 0.15) is 12.6 Å². The van der Waals surface area contributed by atoms with E-state index in [2.05, 4.69) is 19.0 Å². The molecule has 0 saturated carbocycles. The van der Waals surface area contributed by atoms with Crippen LogP contribution >= 0.6 is 0 Å². The molecule has 0 amide bonds. The number of likely N-dealkylation sites (N-methyl/N-ethyl adjacent to an activating group) is 2. The van der Waals surface area contributed by atoms with Crippen molar-refractivity contribution in [1.29, 1.82) is 0 Å². The molecule has 3 nitrogen and oxygen atoms in total. The molecule has 0 spiro atoms. The first kappa shape index (κ1) is 9.96. The van der Waals surface area contributed by atoms with Crippen LogP contribution in [0.15, 0.2) is 0 Å². The summed E-state index contributed by atoms with van der Waals surface area (Å²) in [7, 11) is 4.39. The molecule has 72 valence electrons. The van der Waals surface area contributed by atoms with Gasteiger partial charge in [-0.25, -0.2) is 0 Å². The minimum Gasteiger partial charge on any atom is -0.388 e. The molecule has 0 aliphatic carbocycles. The highest BCUT2D eigenvalue weighted by Crippen LogP contribution is 2.09. The summed E-state index contributed by atoms with van der Waals surface area (Å²) in [6.45, 7) is 7.42. The first-order valence-electron chi connectivity index (χ1n) is 4.72. The standard InChI is InChI=1S/C9H21N2O/c1-9(12)8-11(3)6-4-10(2)5-7-11/h9,12H,4-8H2,1-3H3/q+1. The molecule has 1 heterocycles. The summed E-state index contributed by atoms with van der Waals surface area (Å²) in [6.07, 6.45) is -0.168. The first-order chi connectivity index (χ1) is 5.52. The van der Waals surface area contributed by atoms with Gasteiger partial charge in [-0.2, -0.15) is 0 Å². The zero-order valence-corrected chi connectivity index (χ0v) is 8.45. The Bertz CT molecular complexity index is 139. The predicted octanol–water partition coefficient (Wildman–Crippen LogP) is -0.241. The Hall–Kier alpha value is -0.120. The van der Waals surface area contributed by atoms with E-state index < -0.39 is 0 Å². The lowest BCUT2D eigenvalue weighted by molar-refractivity contribution is -0.916. The Kier molecular flexibility index (Phi) is 3.09. The second-order valence-corrected chi connectivity index (χ2v) is 4.40. The molecular formula is C9H21N2O+. The van der Waals surface area contributed by atoms with Gasteiger partial charge in [0.15, 0.2) is 0 Å². The normalized spacial score (nSPS) is 27.0. The maximum Gasteiger partial charge on any atom is 0.105 e. The lowest BCUT2D eigenvalue weighted by Gasteiger charge is -2.41. The number of hydrogen-bond donors (Lipinski definition) is 1. The molecule has 0 radical (unpaired) electrons. The Morgan fingerprint density at radius 2 is 1.92 bits per heavy atom. The number of aliphatic hydroxyl groups excluding tert-OH is 1. The number of rotatable bonds is 2. The van der Waals surface area contributed by atoms with Gasteiger partial charge in [-0.05, 0) is 14.0 Å². The van der Waals surface area contributed by atoms with Gasteiger partial charge in [-0.15, -0.1) is 0 Å². The van der Waals surface area contributed by atoms with Gasteiger partial charge in [0, 0.05) is 13.1 Å². The monoisotopic (exact) mass is 173 g/mol. The number of nitrogens with zero attached hydrogens (tertiary/aromatic N) is 2. The van der Waals surface area contributed by atoms with E-state index in [9.17, 15) is 5.11 Å². The van der Waals surface area contributed by atoms with Gasteiger partial charge in [-0.1, -0.05) is 0 Å². The van der Waals surface area contributed by atoms with E-state index in [-0.39, 0.29) is 6.10 Å². The van der Waals surface area contributed by atoms with Crippen LogP contribution in [-0.2, 0) is 0 Å². The second-order valence-electron chi connectivity index (χ2n) is 4.40. The highest BCUT2D eigenvalue weighted by atomic mass is 16.3. The Balaban J connectivity index is 2.39. The maximum atomic E-state index is 9.31. The molecule has 1 fully saturated rings. The average molecular weight is 173 g/mol. The summed E-state index contributed by atoms with van der Waals surface area (Å²) in [5, 5.41) is 9.31. The van der Waals surface area contributed by atoms with Crippen molar-refractivity contribution in [1.82, 2.24) is 4.90 Å². The largest absolute Gasteiger partial charge is 0.388 e. The summed E-state index contributed by atoms with van der Waals surface area (Å²) < 4.78 is 1.03. The van der Waals surface area contributed by atoms with Crippen LogP contribution < -0.4 is 0 Å². The van der Waals surface area contributed by atoms with Gasteiger partial charge < -0.3 is 9.59 Å². The molecule has 0 aromatic heterocycles. The molecule has 1 saturated heterocycles. The van der Waals surface area contributed by atoms with Crippen molar-refractivity contribution in [2.45, 2.75) is 13.0 Å². The minimum absolute atomic E-state index is 0.168. The highest BCUT2D eigenvalue weighted by molar-refractivity contribution is 4.59. The molecule has 3 heteroatoms. The smallest absolute Gasteiger partial charge is 0.105 e. The van der Waals surface area contributed by atoms with Crippen molar-refractivity contribution >= 4 is 0 Å². The van der Waals surface area contributed by atoms with E-state index in [1.165, 1.54) is 13.1 Å². The summed E-state index contributed by atoms with van der Waals surface area (Å²) >= 11 is 0. The maximum absolute atomic E-state index is 9.31. The molecule has 0 aromatic carbocycles. The first-order valence-corrected chi connectivity index (χ1v) is 4.72.